The van der Waals surface area contributed by atoms with Crippen LogP contribution < -0.4 is 0 Å². The first-order chi connectivity index (χ1) is 31.7. The molecule has 14 rings (SSSR count). The van der Waals surface area contributed by atoms with Crippen molar-refractivity contribution in [1.29, 1.82) is 0 Å². The number of benzene rings is 9. The van der Waals surface area contributed by atoms with Gasteiger partial charge in [-0.05, 0) is 78.4 Å². The SMILES string of the molecule is c1ccc(-n2c3ccccc3c3cccc(-c4ccc5oc6cccc(-c7nc(-c8ccc9c(c8)oc8ccccc89)nc(-c8ccc9c(c8)oc8ccccc89)n7)c6c5c4)c32)cc1. The van der Waals surface area contributed by atoms with Crippen molar-refractivity contribution in [2.75, 3.05) is 0 Å². The van der Waals surface area contributed by atoms with Gasteiger partial charge in [0.25, 0.3) is 0 Å². The van der Waals surface area contributed by atoms with Crippen LogP contribution in [0.4, 0.5) is 0 Å². The molecule has 298 valence electrons. The summed E-state index contributed by atoms with van der Waals surface area (Å²) in [6.07, 6.45) is 0. The maximum Gasteiger partial charge on any atom is 0.164 e. The zero-order valence-corrected chi connectivity index (χ0v) is 34.0. The van der Waals surface area contributed by atoms with E-state index in [0.717, 1.165) is 110 Å². The summed E-state index contributed by atoms with van der Waals surface area (Å²) < 4.78 is 21.7. The zero-order chi connectivity index (χ0) is 41.9. The van der Waals surface area contributed by atoms with E-state index in [1.807, 2.05) is 60.7 Å². The van der Waals surface area contributed by atoms with Gasteiger partial charge in [0, 0.05) is 71.0 Å². The van der Waals surface area contributed by atoms with Crippen molar-refractivity contribution >= 4 is 87.6 Å². The summed E-state index contributed by atoms with van der Waals surface area (Å²) in [5.74, 6) is 1.58. The van der Waals surface area contributed by atoms with Gasteiger partial charge in [-0.25, -0.2) is 15.0 Å². The van der Waals surface area contributed by atoms with Crippen LogP contribution in [0.1, 0.15) is 0 Å². The van der Waals surface area contributed by atoms with Gasteiger partial charge in [-0.3, -0.25) is 0 Å². The molecule has 64 heavy (non-hydrogen) atoms. The van der Waals surface area contributed by atoms with Crippen LogP contribution in [0.25, 0.3) is 139 Å². The first-order valence-corrected chi connectivity index (χ1v) is 21.3. The number of hydrogen-bond donors (Lipinski definition) is 0. The van der Waals surface area contributed by atoms with E-state index in [1.54, 1.807) is 0 Å². The van der Waals surface area contributed by atoms with E-state index in [1.165, 1.54) is 10.8 Å². The van der Waals surface area contributed by atoms with E-state index in [-0.39, 0.29) is 0 Å². The number of fused-ring (bicyclic) bond motifs is 12. The minimum absolute atomic E-state index is 0.526. The van der Waals surface area contributed by atoms with E-state index >= 15 is 0 Å². The molecule has 0 bridgehead atoms. The van der Waals surface area contributed by atoms with Crippen LogP contribution in [-0.2, 0) is 0 Å². The minimum atomic E-state index is 0.526. The molecule has 5 heterocycles. The van der Waals surface area contributed by atoms with Crippen LogP contribution in [0.3, 0.4) is 0 Å². The highest BCUT2D eigenvalue weighted by Crippen LogP contribution is 2.43. The molecule has 0 atom stereocenters. The lowest BCUT2D eigenvalue weighted by atomic mass is 9.98. The van der Waals surface area contributed by atoms with Crippen molar-refractivity contribution in [3.8, 4) is 51.0 Å². The van der Waals surface area contributed by atoms with Crippen LogP contribution in [0, 0.1) is 0 Å². The molecule has 0 radical (unpaired) electrons. The van der Waals surface area contributed by atoms with Crippen molar-refractivity contribution in [1.82, 2.24) is 19.5 Å². The Morgan fingerprint density at radius 2 is 0.828 bits per heavy atom. The highest BCUT2D eigenvalue weighted by atomic mass is 16.3. The predicted octanol–water partition coefficient (Wildman–Crippen LogP) is 15.3. The molecule has 0 aliphatic heterocycles. The van der Waals surface area contributed by atoms with Gasteiger partial charge in [0.05, 0.1) is 11.0 Å². The topological polar surface area (TPSA) is 83.0 Å². The molecule has 14 aromatic rings. The van der Waals surface area contributed by atoms with Gasteiger partial charge >= 0.3 is 0 Å². The van der Waals surface area contributed by atoms with E-state index in [9.17, 15) is 0 Å². The molecule has 0 N–H and O–H groups in total. The molecule has 0 aliphatic carbocycles. The van der Waals surface area contributed by atoms with Crippen molar-refractivity contribution in [2.45, 2.75) is 0 Å². The molecule has 0 unspecified atom stereocenters. The summed E-state index contributed by atoms with van der Waals surface area (Å²) in [6, 6.07) is 66.9. The number of rotatable bonds is 5. The molecule has 0 fully saturated rings. The lowest BCUT2D eigenvalue weighted by Crippen LogP contribution is -2.00. The Labute approximate surface area is 364 Å². The van der Waals surface area contributed by atoms with Crippen molar-refractivity contribution in [3.63, 3.8) is 0 Å². The highest BCUT2D eigenvalue weighted by molar-refractivity contribution is 6.16. The molecule has 5 aromatic heterocycles. The van der Waals surface area contributed by atoms with Gasteiger partial charge in [0.15, 0.2) is 17.5 Å². The molecule has 9 aromatic carbocycles. The Hall–Kier alpha value is -8.81. The lowest BCUT2D eigenvalue weighted by molar-refractivity contribution is 0.668. The van der Waals surface area contributed by atoms with E-state index < -0.39 is 0 Å². The van der Waals surface area contributed by atoms with Crippen molar-refractivity contribution < 1.29 is 13.3 Å². The monoisotopic (exact) mass is 820 g/mol. The third-order valence-electron chi connectivity index (χ3n) is 12.7. The van der Waals surface area contributed by atoms with Crippen molar-refractivity contribution in [3.05, 3.63) is 194 Å². The molecule has 0 saturated carbocycles. The lowest BCUT2D eigenvalue weighted by Gasteiger charge is -2.12. The molecular weight excluding hydrogens is 789 g/mol. The Morgan fingerprint density at radius 3 is 1.55 bits per heavy atom. The van der Waals surface area contributed by atoms with Gasteiger partial charge in [-0.2, -0.15) is 0 Å². The van der Waals surface area contributed by atoms with Crippen molar-refractivity contribution in [2.24, 2.45) is 0 Å². The first kappa shape index (κ1) is 34.9. The summed E-state index contributed by atoms with van der Waals surface area (Å²) in [4.78, 5) is 15.7. The van der Waals surface area contributed by atoms with Gasteiger partial charge in [-0.1, -0.05) is 121 Å². The minimum Gasteiger partial charge on any atom is -0.456 e. The second-order valence-electron chi connectivity index (χ2n) is 16.3. The van der Waals surface area contributed by atoms with Crippen LogP contribution in [0.5, 0.6) is 0 Å². The number of hydrogen-bond acceptors (Lipinski definition) is 6. The summed E-state index contributed by atoms with van der Waals surface area (Å²) in [7, 11) is 0. The smallest absolute Gasteiger partial charge is 0.164 e. The maximum atomic E-state index is 6.62. The van der Waals surface area contributed by atoms with Gasteiger partial charge in [0.2, 0.25) is 0 Å². The average Bonchev–Trinajstić information content (AvgIpc) is 4.12. The second-order valence-corrected chi connectivity index (χ2v) is 16.3. The largest absolute Gasteiger partial charge is 0.456 e. The molecule has 7 nitrogen and oxygen atoms in total. The summed E-state index contributed by atoms with van der Waals surface area (Å²) >= 11 is 0. The fraction of sp³-hybridized carbons (Fsp3) is 0. The molecule has 0 amide bonds. The Bertz CT molecular complexity index is 4080. The van der Waals surface area contributed by atoms with E-state index in [2.05, 4.69) is 138 Å². The van der Waals surface area contributed by atoms with Gasteiger partial charge in [0.1, 0.15) is 33.5 Å². The maximum absolute atomic E-state index is 6.62. The van der Waals surface area contributed by atoms with Gasteiger partial charge in [-0.15, -0.1) is 0 Å². The fourth-order valence-corrected chi connectivity index (χ4v) is 9.76. The summed E-state index contributed by atoms with van der Waals surface area (Å²) in [5.41, 5.74) is 12.8. The first-order valence-electron chi connectivity index (χ1n) is 21.3. The van der Waals surface area contributed by atoms with E-state index in [4.69, 9.17) is 28.2 Å². The molecule has 7 heteroatoms. The number of aromatic nitrogens is 4. The second kappa shape index (κ2) is 13.3. The van der Waals surface area contributed by atoms with Crippen LogP contribution in [-0.4, -0.2) is 19.5 Å². The number of para-hydroxylation sites is 5. The molecule has 0 aliphatic rings. The predicted molar refractivity (Wildman–Crippen MR) is 258 cm³/mol. The number of furan rings is 3. The van der Waals surface area contributed by atoms with Gasteiger partial charge < -0.3 is 17.8 Å². The third kappa shape index (κ3) is 5.18. The zero-order valence-electron chi connectivity index (χ0n) is 34.0. The van der Waals surface area contributed by atoms with E-state index in [0.29, 0.717) is 17.5 Å². The molecular formula is C57H32N4O3. The highest BCUT2D eigenvalue weighted by Gasteiger charge is 2.22. The normalized spacial score (nSPS) is 12.1. The fourth-order valence-electron chi connectivity index (χ4n) is 9.76. The van der Waals surface area contributed by atoms with Crippen LogP contribution >= 0.6 is 0 Å². The number of nitrogens with zero attached hydrogens (tertiary/aromatic N) is 4. The Balaban J connectivity index is 0.991. The average molecular weight is 821 g/mol. The standard InChI is InChI=1S/C57H32N4O3/c1-2-12-36(13-3-1)61-46-20-7-4-14-38(46)43-18-10-17-37(54(43)61)33-26-29-49-45(30-33)53-44(19-11-23-50(53)62-49)57-59-55(34-24-27-41-39-15-5-8-21-47(39)63-51(41)31-34)58-56(60-57)35-25-28-42-40-16-6-9-22-48(40)64-52(42)32-35/h1-32H. The summed E-state index contributed by atoms with van der Waals surface area (Å²) in [6.45, 7) is 0. The quantitative estimate of drug-likeness (QED) is 0.172. The summed E-state index contributed by atoms with van der Waals surface area (Å²) in [5, 5.41) is 8.51. The Morgan fingerprint density at radius 1 is 0.312 bits per heavy atom. The Kier molecular flexibility index (Phi) is 7.27. The van der Waals surface area contributed by atoms with Crippen LogP contribution in [0.15, 0.2) is 207 Å². The molecule has 0 spiro atoms. The molecule has 0 saturated heterocycles. The third-order valence-corrected chi connectivity index (χ3v) is 12.7. The van der Waals surface area contributed by atoms with Crippen LogP contribution in [0.2, 0.25) is 0 Å².